The van der Waals surface area contributed by atoms with E-state index in [0.29, 0.717) is 24.6 Å². The van der Waals surface area contributed by atoms with E-state index in [2.05, 4.69) is 5.32 Å². The molecule has 0 spiro atoms. The molecule has 6 nitrogen and oxygen atoms in total. The molecule has 0 unspecified atom stereocenters. The largest absolute Gasteiger partial charge is 0.494 e. The predicted molar refractivity (Wildman–Crippen MR) is 119 cm³/mol. The summed E-state index contributed by atoms with van der Waals surface area (Å²) in [6.07, 6.45) is 2.78. The molecular weight excluding hydrogens is 408 g/mol. The fraction of sp³-hybridized carbons (Fsp3) is 0.381. The van der Waals surface area contributed by atoms with E-state index in [-0.39, 0.29) is 12.5 Å². The second-order valence-corrected chi connectivity index (χ2v) is 9.55. The van der Waals surface area contributed by atoms with Crippen LogP contribution in [0.1, 0.15) is 19.8 Å². The molecule has 29 heavy (non-hydrogen) atoms. The monoisotopic (exact) mass is 436 g/mol. The minimum atomic E-state index is -3.59. The number of benzene rings is 2. The number of carbonyl (C=O) groups is 1. The normalized spacial score (nSPS) is 11.1. The van der Waals surface area contributed by atoms with Crippen molar-refractivity contribution in [2.75, 3.05) is 36.0 Å². The molecular formula is C21H28N2O4S2. The van der Waals surface area contributed by atoms with Crippen LogP contribution in [-0.2, 0) is 14.8 Å². The van der Waals surface area contributed by atoms with Crippen LogP contribution in [0, 0.1) is 0 Å². The summed E-state index contributed by atoms with van der Waals surface area (Å²) in [4.78, 5) is 13.5. The number of nitrogens with zero attached hydrogens (tertiary/aromatic N) is 1. The first kappa shape index (κ1) is 23.1. The van der Waals surface area contributed by atoms with Gasteiger partial charge in [0.25, 0.3) is 0 Å². The van der Waals surface area contributed by atoms with Gasteiger partial charge >= 0.3 is 0 Å². The van der Waals surface area contributed by atoms with Gasteiger partial charge in [-0.25, -0.2) is 8.42 Å². The number of hydrogen-bond acceptors (Lipinski definition) is 5. The topological polar surface area (TPSA) is 75.7 Å². The Hall–Kier alpha value is -2.19. The Labute approximate surface area is 177 Å². The van der Waals surface area contributed by atoms with E-state index in [0.717, 1.165) is 29.2 Å². The van der Waals surface area contributed by atoms with Crippen LogP contribution in [0.5, 0.6) is 5.75 Å². The zero-order valence-corrected chi connectivity index (χ0v) is 18.5. The summed E-state index contributed by atoms with van der Waals surface area (Å²) < 4.78 is 31.0. The Morgan fingerprint density at radius 3 is 2.41 bits per heavy atom. The molecule has 0 radical (unpaired) electrons. The van der Waals surface area contributed by atoms with Crippen LogP contribution in [0.4, 0.5) is 5.69 Å². The maximum Gasteiger partial charge on any atom is 0.240 e. The van der Waals surface area contributed by atoms with E-state index < -0.39 is 10.0 Å². The van der Waals surface area contributed by atoms with Crippen molar-refractivity contribution in [3.8, 4) is 5.75 Å². The zero-order chi connectivity index (χ0) is 21.1. The molecule has 0 saturated carbocycles. The van der Waals surface area contributed by atoms with Crippen molar-refractivity contribution >= 4 is 33.4 Å². The van der Waals surface area contributed by atoms with Gasteiger partial charge in [0, 0.05) is 11.4 Å². The summed E-state index contributed by atoms with van der Waals surface area (Å²) in [5.41, 5.74) is 0.436. The lowest BCUT2D eigenvalue weighted by Crippen LogP contribution is -2.40. The standard InChI is InChI=1S/C21H28N2O4S2/c1-3-15-27-19-12-10-18(11-13-19)23(29(2,25)26)17-21(24)22-14-7-16-28-20-8-5-4-6-9-20/h4-6,8-13H,3,7,14-17H2,1-2H3,(H,22,24). The van der Waals surface area contributed by atoms with Gasteiger partial charge < -0.3 is 10.1 Å². The highest BCUT2D eigenvalue weighted by Gasteiger charge is 2.20. The fourth-order valence-corrected chi connectivity index (χ4v) is 4.25. The van der Waals surface area contributed by atoms with Gasteiger partial charge in [-0.2, -0.15) is 0 Å². The molecule has 1 N–H and O–H groups in total. The highest BCUT2D eigenvalue weighted by molar-refractivity contribution is 7.99. The fourth-order valence-electron chi connectivity index (χ4n) is 2.52. The van der Waals surface area contributed by atoms with Crippen LogP contribution >= 0.6 is 11.8 Å². The second kappa shape index (κ2) is 11.7. The van der Waals surface area contributed by atoms with Crippen LogP contribution in [0.2, 0.25) is 0 Å². The Bertz CT molecular complexity index is 856. The van der Waals surface area contributed by atoms with Crippen molar-refractivity contribution in [1.82, 2.24) is 5.32 Å². The molecule has 0 bridgehead atoms. The summed E-state index contributed by atoms with van der Waals surface area (Å²) >= 11 is 1.72. The van der Waals surface area contributed by atoms with Gasteiger partial charge in [-0.1, -0.05) is 25.1 Å². The van der Waals surface area contributed by atoms with Crippen LogP contribution in [0.3, 0.4) is 0 Å². The summed E-state index contributed by atoms with van der Waals surface area (Å²) in [5.74, 6) is 1.22. The number of anilines is 1. The van der Waals surface area contributed by atoms with Crippen LogP contribution in [0.25, 0.3) is 0 Å². The van der Waals surface area contributed by atoms with E-state index in [1.165, 1.54) is 4.90 Å². The quantitative estimate of drug-likeness (QED) is 0.407. The molecule has 8 heteroatoms. The minimum Gasteiger partial charge on any atom is -0.494 e. The van der Waals surface area contributed by atoms with E-state index in [9.17, 15) is 13.2 Å². The molecule has 0 heterocycles. The second-order valence-electron chi connectivity index (χ2n) is 6.48. The van der Waals surface area contributed by atoms with Crippen LogP contribution in [-0.4, -0.2) is 46.0 Å². The third-order valence-electron chi connectivity index (χ3n) is 3.94. The Morgan fingerprint density at radius 2 is 1.79 bits per heavy atom. The maximum atomic E-state index is 12.3. The highest BCUT2D eigenvalue weighted by atomic mass is 32.2. The van der Waals surface area contributed by atoms with E-state index in [1.54, 1.807) is 36.0 Å². The van der Waals surface area contributed by atoms with Crippen LogP contribution in [0.15, 0.2) is 59.5 Å². The summed E-state index contributed by atoms with van der Waals surface area (Å²) in [7, 11) is -3.59. The number of rotatable bonds is 12. The third kappa shape index (κ3) is 8.37. The van der Waals surface area contributed by atoms with Crippen molar-refractivity contribution < 1.29 is 17.9 Å². The SMILES string of the molecule is CCCOc1ccc(N(CC(=O)NCCCSc2ccccc2)S(C)(=O)=O)cc1. The number of carbonyl (C=O) groups excluding carboxylic acids is 1. The Morgan fingerprint density at radius 1 is 1.10 bits per heavy atom. The Balaban J connectivity index is 1.83. The lowest BCUT2D eigenvalue weighted by atomic mass is 10.3. The number of ether oxygens (including phenoxy) is 1. The number of amides is 1. The maximum absolute atomic E-state index is 12.3. The smallest absolute Gasteiger partial charge is 0.240 e. The molecule has 0 aromatic heterocycles. The predicted octanol–water partition coefficient (Wildman–Crippen LogP) is 3.54. The summed E-state index contributed by atoms with van der Waals surface area (Å²) in [6, 6.07) is 16.8. The molecule has 0 saturated heterocycles. The van der Waals surface area contributed by atoms with Crippen molar-refractivity contribution in [2.45, 2.75) is 24.7 Å². The van der Waals surface area contributed by atoms with Gasteiger partial charge in [0.1, 0.15) is 12.3 Å². The number of nitrogens with one attached hydrogen (secondary N) is 1. The number of thioether (sulfide) groups is 1. The van der Waals surface area contributed by atoms with Crippen molar-refractivity contribution in [3.63, 3.8) is 0 Å². The van der Waals surface area contributed by atoms with E-state index in [1.807, 2.05) is 37.3 Å². The molecule has 158 valence electrons. The van der Waals surface area contributed by atoms with Gasteiger partial charge in [0.05, 0.1) is 18.6 Å². The average molecular weight is 437 g/mol. The minimum absolute atomic E-state index is 0.250. The van der Waals surface area contributed by atoms with Crippen LogP contribution < -0.4 is 14.4 Å². The lowest BCUT2D eigenvalue weighted by molar-refractivity contribution is -0.119. The van der Waals surface area contributed by atoms with Gasteiger partial charge in [-0.3, -0.25) is 9.10 Å². The zero-order valence-electron chi connectivity index (χ0n) is 16.8. The van der Waals surface area contributed by atoms with Crippen molar-refractivity contribution in [1.29, 1.82) is 0 Å². The van der Waals surface area contributed by atoms with Gasteiger partial charge in [0.15, 0.2) is 0 Å². The van der Waals surface area contributed by atoms with Gasteiger partial charge in [0.2, 0.25) is 15.9 Å². The Kier molecular flexibility index (Phi) is 9.34. The first-order chi connectivity index (χ1) is 13.9. The molecule has 0 aliphatic carbocycles. The highest BCUT2D eigenvalue weighted by Crippen LogP contribution is 2.21. The molecule has 1 amide bonds. The van der Waals surface area contributed by atoms with E-state index >= 15 is 0 Å². The molecule has 0 aliphatic heterocycles. The van der Waals surface area contributed by atoms with E-state index in [4.69, 9.17) is 4.74 Å². The average Bonchev–Trinajstić information content (AvgIpc) is 2.71. The first-order valence-electron chi connectivity index (χ1n) is 9.55. The number of hydrogen-bond donors (Lipinski definition) is 1. The molecule has 0 atom stereocenters. The van der Waals surface area contributed by atoms with Crippen molar-refractivity contribution in [3.05, 3.63) is 54.6 Å². The molecule has 2 aromatic rings. The van der Waals surface area contributed by atoms with Crippen molar-refractivity contribution in [2.24, 2.45) is 0 Å². The first-order valence-corrected chi connectivity index (χ1v) is 12.4. The lowest BCUT2D eigenvalue weighted by Gasteiger charge is -2.22. The number of sulfonamides is 1. The van der Waals surface area contributed by atoms with Gasteiger partial charge in [-0.15, -0.1) is 11.8 Å². The summed E-state index contributed by atoms with van der Waals surface area (Å²) in [6.45, 7) is 2.86. The summed E-state index contributed by atoms with van der Waals surface area (Å²) in [5, 5.41) is 2.80. The molecule has 2 aromatic carbocycles. The molecule has 2 rings (SSSR count). The third-order valence-corrected chi connectivity index (χ3v) is 6.18. The van der Waals surface area contributed by atoms with Gasteiger partial charge in [-0.05, 0) is 55.0 Å². The molecule has 0 aliphatic rings. The molecule has 0 fully saturated rings.